The van der Waals surface area contributed by atoms with E-state index >= 15 is 0 Å². The third-order valence-corrected chi connectivity index (χ3v) is 5.04. The van der Waals surface area contributed by atoms with Crippen molar-refractivity contribution in [3.05, 3.63) is 70.8 Å². The zero-order chi connectivity index (χ0) is 19.9. The Morgan fingerprint density at radius 2 is 1.96 bits per heavy atom. The van der Waals surface area contributed by atoms with Crippen molar-refractivity contribution in [3.8, 4) is 18.1 Å². The van der Waals surface area contributed by atoms with Gasteiger partial charge in [-0.3, -0.25) is 4.90 Å². The van der Waals surface area contributed by atoms with E-state index in [0.29, 0.717) is 13.1 Å². The molecule has 1 aliphatic rings. The molecule has 0 heterocycles. The molecule has 2 aromatic carbocycles. The van der Waals surface area contributed by atoms with Gasteiger partial charge in [-0.25, -0.2) is 4.79 Å². The molecule has 0 bridgehead atoms. The van der Waals surface area contributed by atoms with E-state index in [2.05, 4.69) is 18.1 Å². The number of aryl methyl sites for hydroxylation is 1. The van der Waals surface area contributed by atoms with Crippen molar-refractivity contribution in [1.82, 2.24) is 4.90 Å². The van der Waals surface area contributed by atoms with Gasteiger partial charge in [0.15, 0.2) is 0 Å². The molecule has 0 amide bonds. The summed E-state index contributed by atoms with van der Waals surface area (Å²) >= 11 is 0. The minimum absolute atomic E-state index is 0.283. The number of carbonyl (C=O) groups is 1. The predicted octanol–water partition coefficient (Wildman–Crippen LogP) is 3.70. The van der Waals surface area contributed by atoms with E-state index in [4.69, 9.17) is 15.9 Å². The Hall–Kier alpha value is -3.03. The van der Waals surface area contributed by atoms with Crippen LogP contribution < -0.4 is 4.74 Å². The van der Waals surface area contributed by atoms with Crippen LogP contribution in [0.15, 0.2) is 54.1 Å². The van der Waals surface area contributed by atoms with Crippen LogP contribution in [0, 0.1) is 12.3 Å². The molecular weight excluding hydrogens is 350 g/mol. The highest BCUT2D eigenvalue weighted by atomic mass is 16.5. The van der Waals surface area contributed by atoms with Crippen molar-refractivity contribution in [1.29, 1.82) is 0 Å². The van der Waals surface area contributed by atoms with Crippen LogP contribution in [0.2, 0.25) is 0 Å². The van der Waals surface area contributed by atoms with Gasteiger partial charge in [0.05, 0.1) is 20.8 Å². The number of benzene rings is 2. The van der Waals surface area contributed by atoms with E-state index in [1.54, 1.807) is 7.11 Å². The predicted molar refractivity (Wildman–Crippen MR) is 111 cm³/mol. The highest BCUT2D eigenvalue weighted by Crippen LogP contribution is 2.31. The van der Waals surface area contributed by atoms with Crippen LogP contribution in [-0.2, 0) is 22.5 Å². The maximum absolute atomic E-state index is 12.7. The molecule has 0 aromatic heterocycles. The summed E-state index contributed by atoms with van der Waals surface area (Å²) in [4.78, 5) is 14.7. The number of methoxy groups -OCH3 is 2. The van der Waals surface area contributed by atoms with Gasteiger partial charge >= 0.3 is 5.97 Å². The summed E-state index contributed by atoms with van der Waals surface area (Å²) < 4.78 is 10.5. The molecule has 3 rings (SSSR count). The number of hydrogen-bond acceptors (Lipinski definition) is 4. The van der Waals surface area contributed by atoms with Crippen LogP contribution >= 0.6 is 0 Å². The lowest BCUT2D eigenvalue weighted by atomic mass is 9.87. The van der Waals surface area contributed by atoms with Gasteiger partial charge in [-0.1, -0.05) is 48.4 Å². The summed E-state index contributed by atoms with van der Waals surface area (Å²) in [5, 5.41) is 0. The van der Waals surface area contributed by atoms with Crippen molar-refractivity contribution in [3.63, 3.8) is 0 Å². The van der Waals surface area contributed by atoms with Crippen LogP contribution in [-0.4, -0.2) is 37.7 Å². The number of carbonyl (C=O) groups excluding carboxylic acids is 1. The molecular formula is C24H25NO3. The first-order valence-electron chi connectivity index (χ1n) is 9.33. The standard InChI is InChI=1S/C24H25NO3/c1-4-14-25(17-18-8-6-5-7-9-18)23(24(26)28-3)21-11-10-20-16-22(27-2)13-12-19(20)15-21/h1,5-9,12-13,15-16,23H,10-11,14,17H2,2-3H3/t23-/m1/s1. The fourth-order valence-corrected chi connectivity index (χ4v) is 3.65. The first-order chi connectivity index (χ1) is 13.7. The van der Waals surface area contributed by atoms with E-state index in [1.807, 2.05) is 47.4 Å². The lowest BCUT2D eigenvalue weighted by Crippen LogP contribution is -2.43. The minimum atomic E-state index is -0.503. The second kappa shape index (κ2) is 9.25. The van der Waals surface area contributed by atoms with E-state index in [0.717, 1.165) is 35.3 Å². The first-order valence-corrected chi connectivity index (χ1v) is 9.33. The molecule has 4 heteroatoms. The number of ether oxygens (including phenoxy) is 2. The number of nitrogens with zero attached hydrogens (tertiary/aromatic N) is 1. The quantitative estimate of drug-likeness (QED) is 0.546. The third-order valence-electron chi connectivity index (χ3n) is 5.04. The van der Waals surface area contributed by atoms with Gasteiger partial charge in [-0.15, -0.1) is 6.42 Å². The molecule has 4 nitrogen and oxygen atoms in total. The second-order valence-electron chi connectivity index (χ2n) is 6.80. The van der Waals surface area contributed by atoms with Crippen LogP contribution in [0.1, 0.15) is 23.1 Å². The molecule has 28 heavy (non-hydrogen) atoms. The summed E-state index contributed by atoms with van der Waals surface area (Å²) in [5.41, 5.74) is 4.46. The molecule has 0 N–H and O–H groups in total. The number of terminal acetylenes is 1. The highest BCUT2D eigenvalue weighted by Gasteiger charge is 2.31. The molecule has 0 radical (unpaired) electrons. The molecule has 0 aliphatic heterocycles. The summed E-state index contributed by atoms with van der Waals surface area (Å²) in [7, 11) is 3.09. The van der Waals surface area contributed by atoms with E-state index < -0.39 is 6.04 Å². The van der Waals surface area contributed by atoms with E-state index in [1.165, 1.54) is 12.7 Å². The molecule has 0 saturated carbocycles. The molecule has 0 unspecified atom stereocenters. The molecule has 1 aliphatic carbocycles. The van der Waals surface area contributed by atoms with Crippen molar-refractivity contribution in [2.75, 3.05) is 20.8 Å². The zero-order valence-corrected chi connectivity index (χ0v) is 16.4. The fraction of sp³-hybridized carbons (Fsp3) is 0.292. The Morgan fingerprint density at radius 3 is 2.64 bits per heavy atom. The molecule has 2 aromatic rings. The Kier molecular flexibility index (Phi) is 6.52. The summed E-state index contributed by atoms with van der Waals surface area (Å²) in [6.07, 6.45) is 9.34. The lowest BCUT2D eigenvalue weighted by molar-refractivity contribution is -0.145. The smallest absolute Gasteiger partial charge is 0.327 e. The second-order valence-corrected chi connectivity index (χ2v) is 6.80. The number of rotatable bonds is 7. The van der Waals surface area contributed by atoms with Crippen LogP contribution in [0.5, 0.6) is 5.75 Å². The maximum Gasteiger partial charge on any atom is 0.327 e. The van der Waals surface area contributed by atoms with Crippen LogP contribution in [0.25, 0.3) is 6.08 Å². The van der Waals surface area contributed by atoms with Gasteiger partial charge in [-0.05, 0) is 47.2 Å². The Balaban J connectivity index is 1.95. The number of fused-ring (bicyclic) bond motifs is 1. The number of esters is 1. The average molecular weight is 375 g/mol. The van der Waals surface area contributed by atoms with E-state index in [9.17, 15) is 4.79 Å². The highest BCUT2D eigenvalue weighted by molar-refractivity contribution is 5.82. The number of hydrogen-bond donors (Lipinski definition) is 0. The summed E-state index contributed by atoms with van der Waals surface area (Å²) in [6, 6.07) is 15.5. The van der Waals surface area contributed by atoms with Crippen molar-refractivity contribution in [2.45, 2.75) is 25.4 Å². The van der Waals surface area contributed by atoms with Crippen molar-refractivity contribution < 1.29 is 14.3 Å². The van der Waals surface area contributed by atoms with Crippen molar-refractivity contribution >= 4 is 12.0 Å². The molecule has 0 saturated heterocycles. The molecule has 144 valence electrons. The summed E-state index contributed by atoms with van der Waals surface area (Å²) in [6.45, 7) is 0.944. The van der Waals surface area contributed by atoms with Crippen LogP contribution in [0.4, 0.5) is 0 Å². The monoisotopic (exact) mass is 375 g/mol. The molecule has 0 fully saturated rings. The largest absolute Gasteiger partial charge is 0.497 e. The third kappa shape index (κ3) is 4.44. The lowest BCUT2D eigenvalue weighted by Gasteiger charge is -2.32. The minimum Gasteiger partial charge on any atom is -0.497 e. The van der Waals surface area contributed by atoms with Gasteiger partial charge < -0.3 is 9.47 Å². The SMILES string of the molecule is C#CCN(Cc1ccccc1)[C@@H](C(=O)OC)C1=Cc2ccc(OC)cc2CC1. The molecule has 1 atom stereocenters. The van der Waals surface area contributed by atoms with Crippen molar-refractivity contribution in [2.24, 2.45) is 0 Å². The Morgan fingerprint density at radius 1 is 1.18 bits per heavy atom. The van der Waals surface area contributed by atoms with Gasteiger partial charge in [0.2, 0.25) is 0 Å². The molecule has 0 spiro atoms. The summed E-state index contributed by atoms with van der Waals surface area (Å²) in [5.74, 6) is 3.26. The first kappa shape index (κ1) is 19.7. The fourth-order valence-electron chi connectivity index (χ4n) is 3.65. The zero-order valence-electron chi connectivity index (χ0n) is 16.4. The normalized spacial score (nSPS) is 13.9. The Bertz CT molecular complexity index is 896. The average Bonchev–Trinajstić information content (AvgIpc) is 2.74. The van der Waals surface area contributed by atoms with Crippen LogP contribution in [0.3, 0.4) is 0 Å². The van der Waals surface area contributed by atoms with Gasteiger partial charge in [-0.2, -0.15) is 0 Å². The van der Waals surface area contributed by atoms with Gasteiger partial charge in [0.1, 0.15) is 11.8 Å². The van der Waals surface area contributed by atoms with Gasteiger partial charge in [0, 0.05) is 6.54 Å². The topological polar surface area (TPSA) is 38.8 Å². The van der Waals surface area contributed by atoms with E-state index in [-0.39, 0.29) is 5.97 Å². The van der Waals surface area contributed by atoms with Gasteiger partial charge in [0.25, 0.3) is 0 Å². The maximum atomic E-state index is 12.7. The Labute approximate surface area is 166 Å².